The number of rotatable bonds is 4. The minimum absolute atomic E-state index is 0.189. The van der Waals surface area contributed by atoms with Crippen LogP contribution in [0.15, 0.2) is 36.4 Å². The van der Waals surface area contributed by atoms with Crippen LogP contribution in [0.5, 0.6) is 0 Å². The summed E-state index contributed by atoms with van der Waals surface area (Å²) in [5.41, 5.74) is 3.37. The summed E-state index contributed by atoms with van der Waals surface area (Å²) in [4.78, 5) is 22.9. The lowest BCUT2D eigenvalue weighted by atomic mass is 10.2. The molecule has 2 rings (SSSR count). The van der Waals surface area contributed by atoms with E-state index in [1.165, 1.54) is 0 Å². The number of hydrogen-bond donors (Lipinski definition) is 1. The molecular formula is C14H16N2O4. The molecule has 6 heteroatoms. The monoisotopic (exact) mass is 276 g/mol. The molecule has 0 aliphatic carbocycles. The van der Waals surface area contributed by atoms with E-state index in [9.17, 15) is 9.59 Å². The summed E-state index contributed by atoms with van der Waals surface area (Å²) in [6.45, 7) is 2.11. The number of cyclic esters (lactones) is 1. The van der Waals surface area contributed by atoms with E-state index in [1.807, 2.05) is 36.4 Å². The third kappa shape index (κ3) is 3.50. The predicted octanol–water partition coefficient (Wildman–Crippen LogP) is 2.18. The Hall–Kier alpha value is -2.50. The molecule has 1 aliphatic rings. The fourth-order valence-electron chi connectivity index (χ4n) is 1.75. The zero-order chi connectivity index (χ0) is 14.4. The quantitative estimate of drug-likeness (QED) is 0.915. The number of amides is 2. The van der Waals surface area contributed by atoms with Gasteiger partial charge in [-0.1, -0.05) is 42.5 Å². The first kappa shape index (κ1) is 13.9. The molecule has 1 fully saturated rings. The minimum atomic E-state index is -0.676. The zero-order valence-corrected chi connectivity index (χ0v) is 11.1. The molecule has 106 valence electrons. The van der Waals surface area contributed by atoms with Gasteiger partial charge in [0.05, 0.1) is 6.61 Å². The van der Waals surface area contributed by atoms with E-state index in [4.69, 9.17) is 9.47 Å². The van der Waals surface area contributed by atoms with Crippen molar-refractivity contribution < 1.29 is 19.1 Å². The van der Waals surface area contributed by atoms with Crippen LogP contribution in [0.3, 0.4) is 0 Å². The normalized spacial score (nSPS) is 18.1. The Morgan fingerprint density at radius 2 is 2.25 bits per heavy atom. The fourth-order valence-corrected chi connectivity index (χ4v) is 1.75. The predicted molar refractivity (Wildman–Crippen MR) is 72.6 cm³/mol. The highest BCUT2D eigenvalue weighted by Crippen LogP contribution is 2.13. The van der Waals surface area contributed by atoms with Crippen LogP contribution in [-0.4, -0.2) is 36.5 Å². The standard InChI is InChI=1S/C14H16N2O4/c1-2-19-13(17)15-16-12(10-20-14(16)18)9-8-11-6-4-3-5-7-11/h3-9,12H,2,10H2,1H3,(H,15,17)/b9-8+. The number of benzene rings is 1. The summed E-state index contributed by atoms with van der Waals surface area (Å²) in [6.07, 6.45) is 2.39. The third-order valence-corrected chi connectivity index (χ3v) is 2.70. The number of carbonyl (C=O) groups is 2. The van der Waals surface area contributed by atoms with Gasteiger partial charge in [-0.2, -0.15) is 0 Å². The van der Waals surface area contributed by atoms with Crippen molar-refractivity contribution in [3.8, 4) is 0 Å². The summed E-state index contributed by atoms with van der Waals surface area (Å²) < 4.78 is 9.65. The van der Waals surface area contributed by atoms with Gasteiger partial charge in [-0.3, -0.25) is 0 Å². The molecule has 0 saturated carbocycles. The molecule has 0 spiro atoms. The second-order valence-corrected chi connectivity index (χ2v) is 4.12. The number of hydrogen-bond acceptors (Lipinski definition) is 4. The average Bonchev–Trinajstić information content (AvgIpc) is 2.79. The van der Waals surface area contributed by atoms with Crippen LogP contribution in [0.1, 0.15) is 12.5 Å². The van der Waals surface area contributed by atoms with E-state index >= 15 is 0 Å². The van der Waals surface area contributed by atoms with Crippen LogP contribution < -0.4 is 5.43 Å². The third-order valence-electron chi connectivity index (χ3n) is 2.70. The van der Waals surface area contributed by atoms with Crippen LogP contribution in [0.25, 0.3) is 6.08 Å². The van der Waals surface area contributed by atoms with E-state index in [1.54, 1.807) is 13.0 Å². The van der Waals surface area contributed by atoms with Crippen molar-refractivity contribution in [3.05, 3.63) is 42.0 Å². The molecule has 1 N–H and O–H groups in total. The number of nitrogens with one attached hydrogen (secondary N) is 1. The maximum Gasteiger partial charge on any atom is 0.429 e. The first-order valence-corrected chi connectivity index (χ1v) is 6.33. The topological polar surface area (TPSA) is 67.9 Å². The van der Waals surface area contributed by atoms with Gasteiger partial charge in [0.1, 0.15) is 12.6 Å². The summed E-state index contributed by atoms with van der Waals surface area (Å²) in [6, 6.07) is 9.30. The molecule has 20 heavy (non-hydrogen) atoms. The van der Waals surface area contributed by atoms with Crippen molar-refractivity contribution in [3.63, 3.8) is 0 Å². The van der Waals surface area contributed by atoms with Crippen molar-refractivity contribution >= 4 is 18.3 Å². The van der Waals surface area contributed by atoms with Crippen LogP contribution in [0.2, 0.25) is 0 Å². The summed E-state index contributed by atoms with van der Waals surface area (Å²) in [5.74, 6) is 0. The molecule has 1 aromatic rings. The van der Waals surface area contributed by atoms with Crippen molar-refractivity contribution in [1.82, 2.24) is 10.4 Å². The highest BCUT2D eigenvalue weighted by Gasteiger charge is 2.33. The van der Waals surface area contributed by atoms with Gasteiger partial charge >= 0.3 is 12.2 Å². The van der Waals surface area contributed by atoms with Gasteiger partial charge in [0, 0.05) is 0 Å². The number of nitrogens with zero attached hydrogens (tertiary/aromatic N) is 1. The Morgan fingerprint density at radius 1 is 1.50 bits per heavy atom. The maximum absolute atomic E-state index is 11.5. The van der Waals surface area contributed by atoms with Gasteiger partial charge in [0.15, 0.2) is 0 Å². The van der Waals surface area contributed by atoms with Crippen molar-refractivity contribution in [1.29, 1.82) is 0 Å². The summed E-state index contributed by atoms with van der Waals surface area (Å²) in [5, 5.41) is 1.12. The lowest BCUT2D eigenvalue weighted by Gasteiger charge is -2.18. The SMILES string of the molecule is CCOC(=O)NN1C(=O)OCC1/C=C/c1ccccc1. The molecule has 1 heterocycles. The van der Waals surface area contributed by atoms with Gasteiger partial charge in [-0.25, -0.2) is 20.0 Å². The highest BCUT2D eigenvalue weighted by atomic mass is 16.6. The Morgan fingerprint density at radius 3 is 2.95 bits per heavy atom. The molecule has 0 bridgehead atoms. The first-order chi connectivity index (χ1) is 9.70. The summed E-state index contributed by atoms with van der Waals surface area (Å²) in [7, 11) is 0. The van der Waals surface area contributed by atoms with E-state index in [-0.39, 0.29) is 19.3 Å². The van der Waals surface area contributed by atoms with Crippen molar-refractivity contribution in [2.75, 3.05) is 13.2 Å². The largest absolute Gasteiger partial charge is 0.449 e. The lowest BCUT2D eigenvalue weighted by molar-refractivity contribution is 0.110. The van der Waals surface area contributed by atoms with Gasteiger partial charge in [-0.15, -0.1) is 0 Å². The average molecular weight is 276 g/mol. The molecule has 1 aliphatic heterocycles. The van der Waals surface area contributed by atoms with Crippen LogP contribution in [0, 0.1) is 0 Å². The van der Waals surface area contributed by atoms with Gasteiger partial charge < -0.3 is 9.47 Å². The Balaban J connectivity index is 2.01. The summed E-state index contributed by atoms with van der Waals surface area (Å²) >= 11 is 0. The molecule has 1 atom stereocenters. The van der Waals surface area contributed by atoms with Crippen LogP contribution in [0.4, 0.5) is 9.59 Å². The molecule has 1 unspecified atom stereocenters. The zero-order valence-electron chi connectivity index (χ0n) is 11.1. The van der Waals surface area contributed by atoms with Crippen molar-refractivity contribution in [2.45, 2.75) is 13.0 Å². The number of hydrazine groups is 1. The minimum Gasteiger partial charge on any atom is -0.449 e. The molecule has 6 nitrogen and oxygen atoms in total. The van der Waals surface area contributed by atoms with Crippen LogP contribution >= 0.6 is 0 Å². The van der Waals surface area contributed by atoms with Crippen LogP contribution in [-0.2, 0) is 9.47 Å². The van der Waals surface area contributed by atoms with Crippen molar-refractivity contribution in [2.24, 2.45) is 0 Å². The highest BCUT2D eigenvalue weighted by molar-refractivity contribution is 5.76. The molecule has 0 radical (unpaired) electrons. The van der Waals surface area contributed by atoms with E-state index in [0.29, 0.717) is 0 Å². The molecule has 0 aromatic heterocycles. The van der Waals surface area contributed by atoms with Gasteiger partial charge in [0.2, 0.25) is 0 Å². The Bertz CT molecular complexity index is 501. The number of carbonyl (C=O) groups excluding carboxylic acids is 2. The maximum atomic E-state index is 11.5. The van der Waals surface area contributed by atoms with E-state index < -0.39 is 12.2 Å². The van der Waals surface area contributed by atoms with E-state index in [0.717, 1.165) is 10.6 Å². The Kier molecular flexibility index (Phi) is 4.60. The lowest BCUT2D eigenvalue weighted by Crippen LogP contribution is -2.47. The number of ether oxygens (including phenoxy) is 2. The molecular weight excluding hydrogens is 260 g/mol. The van der Waals surface area contributed by atoms with Gasteiger partial charge in [0.25, 0.3) is 0 Å². The molecule has 2 amide bonds. The Labute approximate surface area is 116 Å². The molecule has 1 saturated heterocycles. The molecule has 1 aromatic carbocycles. The second kappa shape index (κ2) is 6.60. The van der Waals surface area contributed by atoms with Gasteiger partial charge in [-0.05, 0) is 12.5 Å². The fraction of sp³-hybridized carbons (Fsp3) is 0.286. The smallest absolute Gasteiger partial charge is 0.429 e. The first-order valence-electron chi connectivity index (χ1n) is 6.33. The van der Waals surface area contributed by atoms with E-state index in [2.05, 4.69) is 5.43 Å². The second-order valence-electron chi connectivity index (χ2n) is 4.12.